The molecular weight excluding hydrogens is 253 g/mol. The molecule has 1 rings (SSSR count). The molecular formula is C13H14FNO2S. The molecule has 0 saturated heterocycles. The molecule has 0 radical (unpaired) electrons. The summed E-state index contributed by atoms with van der Waals surface area (Å²) in [6, 6.07) is 6.22. The number of aromatic carboxylic acids is 1. The van der Waals surface area contributed by atoms with Gasteiger partial charge in [0.05, 0.1) is 17.0 Å². The fourth-order valence-corrected chi connectivity index (χ4v) is 2.45. The van der Waals surface area contributed by atoms with E-state index >= 15 is 0 Å². The molecule has 0 fully saturated rings. The third-order valence-corrected chi connectivity index (χ3v) is 3.46. The molecule has 0 aliphatic carbocycles. The quantitative estimate of drug-likeness (QED) is 0.829. The summed E-state index contributed by atoms with van der Waals surface area (Å²) in [5.74, 6) is -1.32. The van der Waals surface area contributed by atoms with Crippen LogP contribution in [-0.2, 0) is 0 Å². The number of hydrogen-bond donors (Lipinski definition) is 1. The predicted molar refractivity (Wildman–Crippen MR) is 68.1 cm³/mol. The van der Waals surface area contributed by atoms with Gasteiger partial charge >= 0.3 is 5.97 Å². The zero-order valence-corrected chi connectivity index (χ0v) is 11.1. The van der Waals surface area contributed by atoms with Gasteiger partial charge in [-0.15, -0.1) is 11.8 Å². The fourth-order valence-electron chi connectivity index (χ4n) is 1.24. The molecule has 1 N–H and O–H groups in total. The highest BCUT2D eigenvalue weighted by molar-refractivity contribution is 7.99. The molecule has 0 saturated carbocycles. The highest BCUT2D eigenvalue weighted by Gasteiger charge is 2.16. The van der Waals surface area contributed by atoms with Crippen LogP contribution in [0, 0.1) is 22.6 Å². The Kier molecular flexibility index (Phi) is 4.74. The third kappa shape index (κ3) is 4.04. The van der Waals surface area contributed by atoms with Crippen molar-refractivity contribution < 1.29 is 14.3 Å². The molecule has 0 atom stereocenters. The van der Waals surface area contributed by atoms with Crippen LogP contribution in [-0.4, -0.2) is 16.8 Å². The minimum Gasteiger partial charge on any atom is -0.478 e. The molecule has 18 heavy (non-hydrogen) atoms. The third-order valence-electron chi connectivity index (χ3n) is 2.47. The van der Waals surface area contributed by atoms with Crippen LogP contribution in [0.3, 0.4) is 0 Å². The van der Waals surface area contributed by atoms with Crippen molar-refractivity contribution in [2.75, 3.05) is 5.75 Å². The number of carboxylic acids is 1. The Morgan fingerprint density at radius 2 is 2.22 bits per heavy atom. The number of thioether (sulfide) groups is 1. The summed E-state index contributed by atoms with van der Waals surface area (Å²) in [5.41, 5.74) is -0.720. The van der Waals surface area contributed by atoms with Gasteiger partial charge in [0.25, 0.3) is 0 Å². The Morgan fingerprint density at radius 1 is 1.56 bits per heavy atom. The highest BCUT2D eigenvalue weighted by Crippen LogP contribution is 2.27. The molecule has 0 unspecified atom stereocenters. The summed E-state index contributed by atoms with van der Waals surface area (Å²) in [7, 11) is 0. The monoisotopic (exact) mass is 267 g/mol. The average molecular weight is 267 g/mol. The number of nitriles is 1. The number of halogens is 1. The summed E-state index contributed by atoms with van der Waals surface area (Å²) in [5, 5.41) is 17.6. The van der Waals surface area contributed by atoms with E-state index in [1.807, 2.05) is 13.8 Å². The van der Waals surface area contributed by atoms with Gasteiger partial charge in [0.15, 0.2) is 0 Å². The molecule has 0 aliphatic rings. The van der Waals surface area contributed by atoms with Gasteiger partial charge in [-0.05, 0) is 44.2 Å². The molecule has 3 nitrogen and oxygen atoms in total. The topological polar surface area (TPSA) is 61.1 Å². The Morgan fingerprint density at radius 3 is 2.78 bits per heavy atom. The summed E-state index contributed by atoms with van der Waals surface area (Å²) < 4.78 is 13.2. The van der Waals surface area contributed by atoms with Gasteiger partial charge in [-0.1, -0.05) is 0 Å². The molecule has 0 bridgehead atoms. The normalized spacial score (nSPS) is 11.0. The number of carboxylic acid groups (broad SMARTS) is 1. The van der Waals surface area contributed by atoms with Gasteiger partial charge in [-0.3, -0.25) is 0 Å². The largest absolute Gasteiger partial charge is 0.478 e. The molecule has 1 aromatic rings. The van der Waals surface area contributed by atoms with Crippen molar-refractivity contribution in [1.29, 1.82) is 5.26 Å². The van der Waals surface area contributed by atoms with E-state index in [0.29, 0.717) is 17.1 Å². The second-order valence-corrected chi connectivity index (χ2v) is 5.71. The molecule has 0 aliphatic heterocycles. The maximum atomic E-state index is 13.2. The first-order chi connectivity index (χ1) is 8.35. The minimum absolute atomic E-state index is 0.320. The zero-order chi connectivity index (χ0) is 13.8. The lowest BCUT2D eigenvalue weighted by molar-refractivity contribution is 0.0691. The van der Waals surface area contributed by atoms with Gasteiger partial charge in [0.2, 0.25) is 0 Å². The first-order valence-corrected chi connectivity index (χ1v) is 6.41. The van der Waals surface area contributed by atoms with Crippen LogP contribution >= 0.6 is 11.8 Å². The Labute approximate surface area is 110 Å². The van der Waals surface area contributed by atoms with Crippen molar-refractivity contribution in [3.05, 3.63) is 29.6 Å². The van der Waals surface area contributed by atoms with Crippen molar-refractivity contribution in [3.8, 4) is 6.07 Å². The molecule has 5 heteroatoms. The second-order valence-electron chi connectivity index (χ2n) is 4.54. The molecule has 1 aromatic carbocycles. The van der Waals surface area contributed by atoms with Crippen molar-refractivity contribution in [1.82, 2.24) is 0 Å². The van der Waals surface area contributed by atoms with E-state index < -0.39 is 17.2 Å². The lowest BCUT2D eigenvalue weighted by Gasteiger charge is -2.14. The number of rotatable bonds is 5. The van der Waals surface area contributed by atoms with Gasteiger partial charge in [-0.25, -0.2) is 9.18 Å². The Bertz CT molecular complexity index is 494. The highest BCUT2D eigenvalue weighted by atomic mass is 32.2. The SMILES string of the molecule is CC(C)(C#N)CCSc1ccc(F)c(C(=O)O)c1. The summed E-state index contributed by atoms with van der Waals surface area (Å²) in [6.45, 7) is 3.70. The summed E-state index contributed by atoms with van der Waals surface area (Å²) in [4.78, 5) is 11.5. The standard InChI is InChI=1S/C13H14FNO2S/c1-13(2,8-15)5-6-18-9-3-4-11(14)10(7-9)12(16)17/h3-4,7H,5-6H2,1-2H3,(H,16,17). The Hall–Kier alpha value is -1.54. The second kappa shape index (κ2) is 5.87. The minimum atomic E-state index is -1.27. The first kappa shape index (κ1) is 14.5. The van der Waals surface area contributed by atoms with E-state index in [-0.39, 0.29) is 5.56 Å². The van der Waals surface area contributed by atoms with Gasteiger partial charge in [0, 0.05) is 4.90 Å². The van der Waals surface area contributed by atoms with Crippen LogP contribution in [0.2, 0.25) is 0 Å². The number of hydrogen-bond acceptors (Lipinski definition) is 3. The van der Waals surface area contributed by atoms with Crippen molar-refractivity contribution in [2.24, 2.45) is 5.41 Å². The predicted octanol–water partition coefficient (Wildman–Crippen LogP) is 3.56. The number of nitrogens with zero attached hydrogens (tertiary/aromatic N) is 1. The van der Waals surface area contributed by atoms with E-state index in [2.05, 4.69) is 6.07 Å². The lowest BCUT2D eigenvalue weighted by atomic mass is 9.93. The number of carbonyl (C=O) groups is 1. The summed E-state index contributed by atoms with van der Waals surface area (Å²) in [6.07, 6.45) is 0.688. The Balaban J connectivity index is 2.67. The van der Waals surface area contributed by atoms with Crippen molar-refractivity contribution in [2.45, 2.75) is 25.2 Å². The van der Waals surface area contributed by atoms with Gasteiger partial charge < -0.3 is 5.11 Å². The smallest absolute Gasteiger partial charge is 0.338 e. The maximum absolute atomic E-state index is 13.2. The molecule has 0 aromatic heterocycles. The molecule has 0 amide bonds. The van der Waals surface area contributed by atoms with Crippen LogP contribution < -0.4 is 0 Å². The fraction of sp³-hybridized carbons (Fsp3) is 0.385. The lowest BCUT2D eigenvalue weighted by Crippen LogP contribution is -2.08. The van der Waals surface area contributed by atoms with Crippen LogP contribution in [0.1, 0.15) is 30.6 Å². The van der Waals surface area contributed by atoms with E-state index in [9.17, 15) is 9.18 Å². The maximum Gasteiger partial charge on any atom is 0.338 e. The number of benzene rings is 1. The molecule has 96 valence electrons. The van der Waals surface area contributed by atoms with Crippen molar-refractivity contribution in [3.63, 3.8) is 0 Å². The van der Waals surface area contributed by atoms with E-state index in [1.165, 1.54) is 17.8 Å². The van der Waals surface area contributed by atoms with Crippen LogP contribution in [0.4, 0.5) is 4.39 Å². The van der Waals surface area contributed by atoms with Gasteiger partial charge in [-0.2, -0.15) is 5.26 Å². The zero-order valence-electron chi connectivity index (χ0n) is 10.2. The average Bonchev–Trinajstić information content (AvgIpc) is 2.31. The van der Waals surface area contributed by atoms with Gasteiger partial charge in [0.1, 0.15) is 5.82 Å². The van der Waals surface area contributed by atoms with Crippen LogP contribution in [0.15, 0.2) is 23.1 Å². The van der Waals surface area contributed by atoms with E-state index in [1.54, 1.807) is 6.07 Å². The summed E-state index contributed by atoms with van der Waals surface area (Å²) >= 11 is 1.42. The van der Waals surface area contributed by atoms with Crippen LogP contribution in [0.5, 0.6) is 0 Å². The first-order valence-electron chi connectivity index (χ1n) is 5.42. The van der Waals surface area contributed by atoms with E-state index in [4.69, 9.17) is 10.4 Å². The molecule has 0 heterocycles. The molecule has 0 spiro atoms. The van der Waals surface area contributed by atoms with Crippen LogP contribution in [0.25, 0.3) is 0 Å². The van der Waals surface area contributed by atoms with Crippen molar-refractivity contribution >= 4 is 17.7 Å². The van der Waals surface area contributed by atoms with E-state index in [0.717, 1.165) is 6.07 Å².